The molecule has 4 heterocycles. The minimum absolute atomic E-state index is 0.105. The zero-order valence-corrected chi connectivity index (χ0v) is 18.3. The molecule has 0 radical (unpaired) electrons. The topological polar surface area (TPSA) is 109 Å². The van der Waals surface area contributed by atoms with Crippen molar-refractivity contribution in [3.05, 3.63) is 53.3 Å². The van der Waals surface area contributed by atoms with Gasteiger partial charge >= 0.3 is 6.03 Å². The van der Waals surface area contributed by atoms with Crippen LogP contribution in [0.5, 0.6) is 0 Å². The molecule has 3 aromatic rings. The molecule has 0 saturated carbocycles. The maximum absolute atomic E-state index is 13.5. The Morgan fingerprint density at radius 3 is 2.59 bits per heavy atom. The normalized spacial score (nSPS) is 20.1. The van der Waals surface area contributed by atoms with Crippen molar-refractivity contribution in [1.82, 2.24) is 24.9 Å². The van der Waals surface area contributed by atoms with Gasteiger partial charge in [0.15, 0.2) is 17.5 Å². The summed E-state index contributed by atoms with van der Waals surface area (Å²) in [4.78, 5) is 28.6. The molecular weight excluding hydrogens is 455 g/mol. The Kier molecular flexibility index (Phi) is 5.06. The highest BCUT2D eigenvalue weighted by molar-refractivity contribution is 5.97. The maximum atomic E-state index is 13.5. The Morgan fingerprint density at radius 2 is 1.91 bits per heavy atom. The van der Waals surface area contributed by atoms with Gasteiger partial charge in [-0.05, 0) is 6.92 Å². The molecule has 2 aliphatic rings. The van der Waals surface area contributed by atoms with Crippen molar-refractivity contribution in [2.24, 2.45) is 0 Å². The number of amides is 3. The third-order valence-electron chi connectivity index (χ3n) is 6.05. The van der Waals surface area contributed by atoms with Crippen LogP contribution >= 0.6 is 0 Å². The van der Waals surface area contributed by atoms with Gasteiger partial charge in [-0.1, -0.05) is 0 Å². The second-order valence-electron chi connectivity index (χ2n) is 8.65. The number of nitrogens with one attached hydrogen (secondary N) is 1. The predicted molar refractivity (Wildman–Crippen MR) is 111 cm³/mol. The highest BCUT2D eigenvalue weighted by Crippen LogP contribution is 2.38. The van der Waals surface area contributed by atoms with Crippen LogP contribution in [0.2, 0.25) is 0 Å². The zero-order chi connectivity index (χ0) is 24.2. The third kappa shape index (κ3) is 3.66. The molecule has 178 valence electrons. The lowest BCUT2D eigenvalue weighted by Crippen LogP contribution is -2.41. The second-order valence-corrected chi connectivity index (χ2v) is 8.65. The van der Waals surface area contributed by atoms with Crippen LogP contribution in [0, 0.1) is 24.4 Å². The lowest BCUT2D eigenvalue weighted by atomic mass is 9.89. The summed E-state index contributed by atoms with van der Waals surface area (Å²) in [6.45, 7) is 4.58. The molecule has 1 fully saturated rings. The number of rotatable bonds is 3. The number of carbonyl (C=O) groups is 2. The molecule has 0 spiro atoms. The summed E-state index contributed by atoms with van der Waals surface area (Å²) in [5.41, 5.74) is 0.315. The number of aromatic nitrogens is 4. The van der Waals surface area contributed by atoms with E-state index in [1.54, 1.807) is 22.7 Å². The Labute approximate surface area is 191 Å². The number of carbonyl (C=O) groups excluding carboxylic acids is 2. The van der Waals surface area contributed by atoms with Gasteiger partial charge in [0.1, 0.15) is 0 Å². The van der Waals surface area contributed by atoms with Crippen LogP contribution in [0.15, 0.2) is 22.7 Å². The van der Waals surface area contributed by atoms with Crippen LogP contribution in [0.4, 0.5) is 29.3 Å². The van der Waals surface area contributed by atoms with E-state index in [2.05, 4.69) is 20.6 Å². The zero-order valence-electron chi connectivity index (χ0n) is 18.3. The first-order valence-corrected chi connectivity index (χ1v) is 10.5. The van der Waals surface area contributed by atoms with E-state index in [-0.39, 0.29) is 31.1 Å². The van der Waals surface area contributed by atoms with Gasteiger partial charge in [0, 0.05) is 44.3 Å². The van der Waals surface area contributed by atoms with Crippen molar-refractivity contribution in [3.8, 4) is 0 Å². The number of hydrogen-bond donors (Lipinski definition) is 1. The molecule has 3 amide bonds. The van der Waals surface area contributed by atoms with Crippen molar-refractivity contribution in [2.45, 2.75) is 38.8 Å². The average Bonchev–Trinajstić information content (AvgIpc) is 3.49. The van der Waals surface area contributed by atoms with Crippen molar-refractivity contribution in [2.75, 3.05) is 23.3 Å². The molecule has 5 rings (SSSR count). The molecule has 1 aromatic carbocycles. The smallest absolute Gasteiger partial charge is 0.322 e. The fourth-order valence-corrected chi connectivity index (χ4v) is 4.29. The molecular formula is C21H20F3N7O3. The molecule has 1 unspecified atom stereocenters. The number of halogens is 3. The van der Waals surface area contributed by atoms with Crippen molar-refractivity contribution < 1.29 is 27.2 Å². The molecule has 2 aliphatic heterocycles. The van der Waals surface area contributed by atoms with Crippen molar-refractivity contribution in [3.63, 3.8) is 0 Å². The Hall–Kier alpha value is -3.90. The van der Waals surface area contributed by atoms with Gasteiger partial charge in [-0.15, -0.1) is 10.2 Å². The highest BCUT2D eigenvalue weighted by Gasteiger charge is 2.46. The first-order chi connectivity index (χ1) is 16.1. The van der Waals surface area contributed by atoms with Crippen LogP contribution in [0.3, 0.4) is 0 Å². The summed E-state index contributed by atoms with van der Waals surface area (Å²) in [7, 11) is 0. The molecule has 34 heavy (non-hydrogen) atoms. The number of urea groups is 1. The molecule has 0 bridgehead atoms. The average molecular weight is 475 g/mol. The van der Waals surface area contributed by atoms with E-state index >= 15 is 0 Å². The molecule has 1 saturated heterocycles. The van der Waals surface area contributed by atoms with Gasteiger partial charge < -0.3 is 19.5 Å². The van der Waals surface area contributed by atoms with E-state index in [1.165, 1.54) is 4.90 Å². The summed E-state index contributed by atoms with van der Waals surface area (Å²) >= 11 is 0. The fraction of sp³-hybridized carbons (Fsp3) is 0.381. The summed E-state index contributed by atoms with van der Waals surface area (Å²) in [6, 6.07) is 0.792. The lowest BCUT2D eigenvalue weighted by molar-refractivity contribution is -0.117. The van der Waals surface area contributed by atoms with E-state index in [4.69, 9.17) is 4.42 Å². The molecule has 2 aromatic heterocycles. The Bertz CT molecular complexity index is 1280. The van der Waals surface area contributed by atoms with Gasteiger partial charge in [-0.2, -0.15) is 5.10 Å². The van der Waals surface area contributed by atoms with Crippen molar-refractivity contribution in [1.29, 1.82) is 0 Å². The number of benzene rings is 1. The van der Waals surface area contributed by atoms with Gasteiger partial charge in [-0.3, -0.25) is 9.48 Å². The van der Waals surface area contributed by atoms with E-state index in [0.29, 0.717) is 48.4 Å². The summed E-state index contributed by atoms with van der Waals surface area (Å²) in [6.07, 6.45) is 1.75. The molecule has 1 atom stereocenters. The Morgan fingerprint density at radius 1 is 1.18 bits per heavy atom. The van der Waals surface area contributed by atoms with Crippen LogP contribution in [-0.2, 0) is 23.3 Å². The van der Waals surface area contributed by atoms with E-state index < -0.39 is 28.9 Å². The minimum atomic E-state index is -1.61. The quantitative estimate of drug-likeness (QED) is 0.584. The Balaban J connectivity index is 1.35. The molecule has 13 heteroatoms. The predicted octanol–water partition coefficient (Wildman–Crippen LogP) is 2.73. The monoisotopic (exact) mass is 475 g/mol. The van der Waals surface area contributed by atoms with E-state index in [0.717, 1.165) is 0 Å². The third-order valence-corrected chi connectivity index (χ3v) is 6.05. The summed E-state index contributed by atoms with van der Waals surface area (Å²) < 4.78 is 47.4. The van der Waals surface area contributed by atoms with Gasteiger partial charge in [-0.25, -0.2) is 18.0 Å². The van der Waals surface area contributed by atoms with Gasteiger partial charge in [0.25, 0.3) is 0 Å². The van der Waals surface area contributed by atoms with Gasteiger partial charge in [0.05, 0.1) is 36.1 Å². The second kappa shape index (κ2) is 7.85. The van der Waals surface area contributed by atoms with Crippen LogP contribution in [-0.4, -0.2) is 49.9 Å². The lowest BCUT2D eigenvalue weighted by Gasteiger charge is -2.30. The number of hydrogen-bond acceptors (Lipinski definition) is 6. The summed E-state index contributed by atoms with van der Waals surface area (Å²) in [5, 5.41) is 14.7. The molecule has 1 N–H and O–H groups in total. The molecule has 10 nitrogen and oxygen atoms in total. The largest absolute Gasteiger partial charge is 0.425 e. The standard InChI is InChI=1S/C21H20F3N7O3/c1-11-27-28-19(34-11)21(2)7-17(32)30(10-21)15-8-25-31-4-3-29(9-16(15)31)20(33)26-12-5-13(22)18(24)14(23)6-12/h5-6,8H,3-4,7,9-10H2,1-2H3,(H,26,33). The number of aryl methyl sites for hydroxylation is 1. The minimum Gasteiger partial charge on any atom is -0.425 e. The number of fused-ring (bicyclic) bond motifs is 1. The number of anilines is 2. The molecule has 0 aliphatic carbocycles. The SMILES string of the molecule is Cc1nnc(C2(C)CC(=O)N(c3cnn4c3CN(C(=O)Nc3cc(F)c(F)c(F)c3)CC4)C2)o1. The first kappa shape index (κ1) is 21.9. The summed E-state index contributed by atoms with van der Waals surface area (Å²) in [5.74, 6) is -3.77. The first-order valence-electron chi connectivity index (χ1n) is 10.5. The fourth-order valence-electron chi connectivity index (χ4n) is 4.29. The van der Waals surface area contributed by atoms with Crippen LogP contribution in [0.1, 0.15) is 30.8 Å². The highest BCUT2D eigenvalue weighted by atomic mass is 19.2. The van der Waals surface area contributed by atoms with Crippen LogP contribution < -0.4 is 10.2 Å². The van der Waals surface area contributed by atoms with Gasteiger partial charge in [0.2, 0.25) is 17.7 Å². The maximum Gasteiger partial charge on any atom is 0.322 e. The van der Waals surface area contributed by atoms with E-state index in [1.807, 2.05) is 6.92 Å². The van der Waals surface area contributed by atoms with Crippen molar-refractivity contribution >= 4 is 23.3 Å². The number of nitrogens with zero attached hydrogens (tertiary/aromatic N) is 6. The van der Waals surface area contributed by atoms with E-state index in [9.17, 15) is 22.8 Å². The van der Waals surface area contributed by atoms with Crippen LogP contribution in [0.25, 0.3) is 0 Å².